The van der Waals surface area contributed by atoms with E-state index in [0.29, 0.717) is 11.6 Å². The topological polar surface area (TPSA) is 32.9 Å². The molecule has 0 aliphatic rings. The van der Waals surface area contributed by atoms with E-state index in [0.717, 1.165) is 21.5 Å². The number of benzene rings is 1. The molecular weight excluding hydrogens is 311 g/mol. The maximum Gasteiger partial charge on any atom is 0.454 e. The van der Waals surface area contributed by atoms with Gasteiger partial charge in [-0.1, -0.05) is 22.0 Å². The average Bonchev–Trinajstić information content (AvgIpc) is 2.66. The van der Waals surface area contributed by atoms with Crippen molar-refractivity contribution in [2.75, 3.05) is 0 Å². The van der Waals surface area contributed by atoms with Gasteiger partial charge in [0.1, 0.15) is 0 Å². The van der Waals surface area contributed by atoms with Crippen LogP contribution in [0.15, 0.2) is 34.9 Å². The molecule has 0 spiro atoms. The van der Waals surface area contributed by atoms with Gasteiger partial charge in [0.2, 0.25) is 0 Å². The lowest BCUT2D eigenvalue weighted by molar-refractivity contribution is -0.165. The van der Waals surface area contributed by atoms with E-state index in [1.165, 1.54) is 0 Å². The summed E-state index contributed by atoms with van der Waals surface area (Å²) in [5.74, 6) is -1.87. The van der Waals surface area contributed by atoms with E-state index in [1.807, 2.05) is 0 Å². The number of halogens is 4. The van der Waals surface area contributed by atoms with Crippen molar-refractivity contribution < 1.29 is 18.0 Å². The van der Waals surface area contributed by atoms with Crippen LogP contribution in [0.3, 0.4) is 0 Å². The van der Waals surface area contributed by atoms with Crippen molar-refractivity contribution in [1.82, 2.24) is 4.98 Å². The van der Waals surface area contributed by atoms with Gasteiger partial charge in [0, 0.05) is 21.6 Å². The van der Waals surface area contributed by atoms with Gasteiger partial charge in [-0.2, -0.15) is 13.2 Å². The van der Waals surface area contributed by atoms with Gasteiger partial charge in [0.15, 0.2) is 0 Å². The number of aromatic nitrogens is 1. The molecule has 1 N–H and O–H groups in total. The van der Waals surface area contributed by atoms with Crippen LogP contribution in [0.5, 0.6) is 0 Å². The van der Waals surface area contributed by atoms with Crippen LogP contribution >= 0.6 is 15.9 Å². The molecule has 0 unspecified atom stereocenters. The lowest BCUT2D eigenvalue weighted by Crippen LogP contribution is -2.19. The molecule has 18 heavy (non-hydrogen) atoms. The number of rotatable bonds is 2. The van der Waals surface area contributed by atoms with Crippen molar-refractivity contribution in [3.8, 4) is 0 Å². The molecule has 0 saturated heterocycles. The molecule has 0 radical (unpaired) electrons. The van der Waals surface area contributed by atoms with E-state index < -0.39 is 12.0 Å². The van der Waals surface area contributed by atoms with Crippen LogP contribution in [0.4, 0.5) is 13.2 Å². The summed E-state index contributed by atoms with van der Waals surface area (Å²) in [6, 6.07) is 5.34. The van der Waals surface area contributed by atoms with Crippen molar-refractivity contribution in [1.29, 1.82) is 0 Å². The summed E-state index contributed by atoms with van der Waals surface area (Å²) in [6.07, 6.45) is -1.59. The minimum atomic E-state index is -4.83. The van der Waals surface area contributed by atoms with Crippen molar-refractivity contribution in [3.63, 3.8) is 0 Å². The largest absolute Gasteiger partial charge is 0.454 e. The highest BCUT2D eigenvalue weighted by atomic mass is 79.9. The first-order valence-corrected chi connectivity index (χ1v) is 5.73. The number of carbonyl (C=O) groups excluding carboxylic acids is 1. The third-order valence-electron chi connectivity index (χ3n) is 2.37. The summed E-state index contributed by atoms with van der Waals surface area (Å²) < 4.78 is 36.9. The standard InChI is InChI=1S/C12H7BrF3NO/c13-8-2-3-9-7(6-17-10(9)5-8)1-4-11(18)12(14,15)16/h1-6,17H/b4-1+. The van der Waals surface area contributed by atoms with Crippen molar-refractivity contribution in [3.05, 3.63) is 40.5 Å². The van der Waals surface area contributed by atoms with Crippen LogP contribution < -0.4 is 0 Å². The van der Waals surface area contributed by atoms with E-state index in [1.54, 1.807) is 24.4 Å². The number of H-pyrrole nitrogens is 1. The molecule has 2 nitrogen and oxygen atoms in total. The van der Waals surface area contributed by atoms with Gasteiger partial charge in [0.25, 0.3) is 5.78 Å². The predicted molar refractivity (Wildman–Crippen MR) is 66.1 cm³/mol. The molecule has 94 valence electrons. The molecule has 1 heterocycles. The van der Waals surface area contributed by atoms with Gasteiger partial charge in [-0.15, -0.1) is 0 Å². The summed E-state index contributed by atoms with van der Waals surface area (Å²) in [5.41, 5.74) is 1.32. The number of nitrogens with one attached hydrogen (secondary N) is 1. The highest BCUT2D eigenvalue weighted by Gasteiger charge is 2.35. The monoisotopic (exact) mass is 317 g/mol. The van der Waals surface area contributed by atoms with Gasteiger partial charge in [-0.25, -0.2) is 0 Å². The second kappa shape index (κ2) is 4.61. The lowest BCUT2D eigenvalue weighted by atomic mass is 10.1. The number of fused-ring (bicyclic) bond motifs is 1. The molecule has 1 aromatic carbocycles. The summed E-state index contributed by atoms with van der Waals surface area (Å²) >= 11 is 3.29. The maximum absolute atomic E-state index is 12.0. The zero-order valence-electron chi connectivity index (χ0n) is 8.88. The smallest absolute Gasteiger partial charge is 0.361 e. The Bertz CT molecular complexity index is 628. The fourth-order valence-electron chi connectivity index (χ4n) is 1.52. The summed E-state index contributed by atoms with van der Waals surface area (Å²) in [6.45, 7) is 0. The van der Waals surface area contributed by atoms with Crippen molar-refractivity contribution >= 4 is 38.7 Å². The van der Waals surface area contributed by atoms with E-state index >= 15 is 0 Å². The first-order chi connectivity index (χ1) is 8.38. The van der Waals surface area contributed by atoms with Gasteiger partial charge in [0.05, 0.1) is 0 Å². The SMILES string of the molecule is O=C(/C=C/c1c[nH]c2cc(Br)ccc12)C(F)(F)F. The molecule has 0 amide bonds. The summed E-state index contributed by atoms with van der Waals surface area (Å²) in [7, 11) is 0. The predicted octanol–water partition coefficient (Wildman–Crippen LogP) is 4.08. The maximum atomic E-state index is 12.0. The number of ketones is 1. The van der Waals surface area contributed by atoms with Gasteiger partial charge in [-0.05, 0) is 29.8 Å². The quantitative estimate of drug-likeness (QED) is 0.832. The van der Waals surface area contributed by atoms with Gasteiger partial charge < -0.3 is 4.98 Å². The Balaban J connectivity index is 2.33. The molecule has 0 bridgehead atoms. The van der Waals surface area contributed by atoms with E-state index in [-0.39, 0.29) is 0 Å². The van der Waals surface area contributed by atoms with Gasteiger partial charge >= 0.3 is 6.18 Å². The molecule has 0 aliphatic heterocycles. The Morgan fingerprint density at radius 3 is 2.72 bits per heavy atom. The van der Waals surface area contributed by atoms with Crippen LogP contribution in [0, 0.1) is 0 Å². The first-order valence-electron chi connectivity index (χ1n) is 4.94. The summed E-state index contributed by atoms with van der Waals surface area (Å²) in [5, 5.41) is 0.754. The highest BCUT2D eigenvalue weighted by molar-refractivity contribution is 9.10. The summed E-state index contributed by atoms with van der Waals surface area (Å²) in [4.78, 5) is 13.6. The average molecular weight is 318 g/mol. The highest BCUT2D eigenvalue weighted by Crippen LogP contribution is 2.24. The van der Waals surface area contributed by atoms with E-state index in [2.05, 4.69) is 20.9 Å². The first kappa shape index (κ1) is 12.9. The number of alkyl halides is 3. The van der Waals surface area contributed by atoms with Crippen LogP contribution in [-0.4, -0.2) is 16.9 Å². The van der Waals surface area contributed by atoms with Crippen molar-refractivity contribution in [2.24, 2.45) is 0 Å². The van der Waals surface area contributed by atoms with Crippen LogP contribution in [0.2, 0.25) is 0 Å². The molecule has 1 aromatic heterocycles. The number of allylic oxidation sites excluding steroid dienone is 1. The fraction of sp³-hybridized carbons (Fsp3) is 0.0833. The van der Waals surface area contributed by atoms with E-state index in [4.69, 9.17) is 0 Å². The number of carbonyl (C=O) groups is 1. The molecule has 0 fully saturated rings. The molecule has 0 aliphatic carbocycles. The Kier molecular flexibility index (Phi) is 3.30. The zero-order valence-corrected chi connectivity index (χ0v) is 10.5. The lowest BCUT2D eigenvalue weighted by Gasteiger charge is -1.99. The minimum Gasteiger partial charge on any atom is -0.361 e. The molecule has 2 aromatic rings. The number of aromatic amines is 1. The van der Waals surface area contributed by atoms with Gasteiger partial charge in [-0.3, -0.25) is 4.79 Å². The normalized spacial score (nSPS) is 12.4. The third kappa shape index (κ3) is 2.64. The Morgan fingerprint density at radius 1 is 1.33 bits per heavy atom. The molecule has 0 atom stereocenters. The second-order valence-electron chi connectivity index (χ2n) is 3.63. The molecule has 2 rings (SSSR count). The fourth-order valence-corrected chi connectivity index (χ4v) is 1.88. The van der Waals surface area contributed by atoms with Crippen LogP contribution in [-0.2, 0) is 4.79 Å². The zero-order chi connectivity index (χ0) is 13.3. The minimum absolute atomic E-state index is 0.532. The third-order valence-corrected chi connectivity index (χ3v) is 2.86. The molecule has 0 saturated carbocycles. The van der Waals surface area contributed by atoms with Crippen molar-refractivity contribution in [2.45, 2.75) is 6.18 Å². The number of hydrogen-bond donors (Lipinski definition) is 1. The van der Waals surface area contributed by atoms with E-state index in [9.17, 15) is 18.0 Å². The second-order valence-corrected chi connectivity index (χ2v) is 4.54. The Labute approximate surface area is 109 Å². The van der Waals surface area contributed by atoms with Crippen LogP contribution in [0.25, 0.3) is 17.0 Å². The Hall–Kier alpha value is -1.56. The molecular formula is C12H7BrF3NO. The van der Waals surface area contributed by atoms with Crippen LogP contribution in [0.1, 0.15) is 5.56 Å². The Morgan fingerprint density at radius 2 is 2.06 bits per heavy atom. The number of hydrogen-bond acceptors (Lipinski definition) is 1. The molecule has 6 heteroatoms.